The summed E-state index contributed by atoms with van der Waals surface area (Å²) in [5, 5.41) is 4.05. The average molecular weight is 452 g/mol. The number of likely N-dealkylation sites (N-methyl/N-ethyl adjacent to an activating group) is 1. The third-order valence-electron chi connectivity index (χ3n) is 6.37. The van der Waals surface area contributed by atoms with Crippen LogP contribution < -0.4 is 10.1 Å². The van der Waals surface area contributed by atoms with Crippen molar-refractivity contribution < 1.29 is 9.53 Å². The van der Waals surface area contributed by atoms with Crippen molar-refractivity contribution in [1.82, 2.24) is 29.3 Å². The highest BCUT2D eigenvalue weighted by Gasteiger charge is 2.41. The largest absolute Gasteiger partial charge is 0.491 e. The Bertz CT molecular complexity index is 1110. The van der Waals surface area contributed by atoms with E-state index >= 15 is 0 Å². The molecule has 3 aromatic rings. The number of nitrogens with zero attached hydrogens (tertiary/aromatic N) is 6. The Morgan fingerprint density at radius 2 is 1.97 bits per heavy atom. The van der Waals surface area contributed by atoms with Gasteiger partial charge in [0, 0.05) is 37.8 Å². The summed E-state index contributed by atoms with van der Waals surface area (Å²) in [6.07, 6.45) is 7.66. The van der Waals surface area contributed by atoms with Crippen LogP contribution in [0.3, 0.4) is 0 Å². The molecule has 1 N–H and O–H groups in total. The molecular weight excluding hydrogens is 418 g/mol. The highest BCUT2D eigenvalue weighted by Crippen LogP contribution is 2.45. The number of hydrogen-bond acceptors (Lipinski definition) is 7. The molecule has 1 aliphatic carbocycles. The minimum absolute atomic E-state index is 0.0197. The maximum atomic E-state index is 13.0. The number of anilines is 2. The van der Waals surface area contributed by atoms with Crippen LogP contribution in [0, 0.1) is 0 Å². The third-order valence-corrected chi connectivity index (χ3v) is 6.37. The molecule has 0 saturated heterocycles. The van der Waals surface area contributed by atoms with Crippen molar-refractivity contribution in [2.24, 2.45) is 0 Å². The summed E-state index contributed by atoms with van der Waals surface area (Å²) in [7, 11) is 7.58. The molecule has 33 heavy (non-hydrogen) atoms. The van der Waals surface area contributed by atoms with Gasteiger partial charge >= 0.3 is 0 Å². The minimum atomic E-state index is -0.0713. The Kier molecular flexibility index (Phi) is 6.51. The predicted molar refractivity (Wildman–Crippen MR) is 129 cm³/mol. The van der Waals surface area contributed by atoms with Gasteiger partial charge in [-0.25, -0.2) is 9.97 Å². The fourth-order valence-corrected chi connectivity index (χ4v) is 4.24. The van der Waals surface area contributed by atoms with Gasteiger partial charge in [0.05, 0.1) is 6.20 Å². The first-order valence-electron chi connectivity index (χ1n) is 11.4. The van der Waals surface area contributed by atoms with Gasteiger partial charge < -0.3 is 24.4 Å². The lowest BCUT2D eigenvalue weighted by molar-refractivity contribution is 0.0780. The lowest BCUT2D eigenvalue weighted by atomic mass is 9.74. The van der Waals surface area contributed by atoms with E-state index in [2.05, 4.69) is 31.7 Å². The Labute approximate surface area is 194 Å². The van der Waals surface area contributed by atoms with Crippen LogP contribution in [0.15, 0.2) is 30.6 Å². The summed E-state index contributed by atoms with van der Waals surface area (Å²) >= 11 is 0. The highest BCUT2D eigenvalue weighted by molar-refractivity contribution is 5.98. The summed E-state index contributed by atoms with van der Waals surface area (Å²) in [5.74, 6) is 1.78. The smallest absolute Gasteiger partial charge is 0.270 e. The maximum Gasteiger partial charge on any atom is 0.270 e. The quantitative estimate of drug-likeness (QED) is 0.533. The molecule has 0 radical (unpaired) electrons. The van der Waals surface area contributed by atoms with Crippen molar-refractivity contribution in [3.05, 3.63) is 36.3 Å². The van der Waals surface area contributed by atoms with E-state index in [-0.39, 0.29) is 11.4 Å². The molecular formula is C24H33N7O2. The van der Waals surface area contributed by atoms with Crippen molar-refractivity contribution in [3.63, 3.8) is 0 Å². The molecule has 1 amide bonds. The number of carbonyl (C=O) groups is 1. The van der Waals surface area contributed by atoms with Gasteiger partial charge in [-0.15, -0.1) is 0 Å². The third kappa shape index (κ3) is 4.64. The van der Waals surface area contributed by atoms with E-state index in [4.69, 9.17) is 9.72 Å². The Hall–Kier alpha value is -3.20. The summed E-state index contributed by atoms with van der Waals surface area (Å²) < 4.78 is 7.85. The van der Waals surface area contributed by atoms with Gasteiger partial charge in [-0.2, -0.15) is 4.98 Å². The van der Waals surface area contributed by atoms with Crippen molar-refractivity contribution >= 4 is 28.7 Å². The molecule has 1 saturated carbocycles. The molecule has 3 heterocycles. The number of pyridine rings is 1. The number of rotatable bonds is 9. The number of nitrogens with one attached hydrogen (secondary N) is 1. The molecule has 0 aromatic carbocycles. The second kappa shape index (κ2) is 9.35. The van der Waals surface area contributed by atoms with E-state index in [0.717, 1.165) is 43.3 Å². The maximum absolute atomic E-state index is 13.0. The monoisotopic (exact) mass is 451 g/mol. The van der Waals surface area contributed by atoms with E-state index in [0.29, 0.717) is 29.8 Å². The highest BCUT2D eigenvalue weighted by atomic mass is 16.5. The van der Waals surface area contributed by atoms with E-state index in [1.165, 1.54) is 0 Å². The van der Waals surface area contributed by atoms with E-state index in [1.807, 2.05) is 32.3 Å². The molecule has 0 bridgehead atoms. The zero-order chi connectivity index (χ0) is 23.6. The molecule has 0 aliphatic heterocycles. The second-order valence-electron chi connectivity index (χ2n) is 9.12. The standard InChI is InChI=1S/C24H33N7O2/c1-6-24(10-7-11-24)31-19(22(32)30(4)5)14-17-15-26-23(28-21(17)31)27-20-9-8-18(16-25-20)33-13-12-29(2)3/h8-9,14-16H,6-7,10-13H2,1-5H3,(H,25,26,27,28). The lowest BCUT2D eigenvalue weighted by Gasteiger charge is -2.44. The minimum Gasteiger partial charge on any atom is -0.491 e. The van der Waals surface area contributed by atoms with Crippen LogP contribution in [0.25, 0.3) is 11.0 Å². The molecule has 3 aromatic heterocycles. The fourth-order valence-electron chi connectivity index (χ4n) is 4.24. The van der Waals surface area contributed by atoms with Crippen LogP contribution in [-0.4, -0.2) is 76.6 Å². The number of ether oxygens (including phenoxy) is 1. The van der Waals surface area contributed by atoms with Crippen LogP contribution in [0.2, 0.25) is 0 Å². The first kappa shape index (κ1) is 23.0. The number of fused-ring (bicyclic) bond motifs is 1. The van der Waals surface area contributed by atoms with Gasteiger partial charge in [0.1, 0.15) is 29.5 Å². The molecule has 4 rings (SSSR count). The Balaban J connectivity index is 1.62. The van der Waals surface area contributed by atoms with Crippen molar-refractivity contribution in [1.29, 1.82) is 0 Å². The van der Waals surface area contributed by atoms with Crippen LogP contribution >= 0.6 is 0 Å². The zero-order valence-electron chi connectivity index (χ0n) is 20.1. The van der Waals surface area contributed by atoms with Crippen LogP contribution in [-0.2, 0) is 5.54 Å². The summed E-state index contributed by atoms with van der Waals surface area (Å²) in [6.45, 7) is 3.62. The van der Waals surface area contributed by atoms with Gasteiger partial charge in [0.25, 0.3) is 5.91 Å². The molecule has 1 fully saturated rings. The molecule has 9 heteroatoms. The summed E-state index contributed by atoms with van der Waals surface area (Å²) in [5.41, 5.74) is 1.38. The van der Waals surface area contributed by atoms with Crippen LogP contribution in [0.5, 0.6) is 5.75 Å². The number of hydrogen-bond donors (Lipinski definition) is 1. The van der Waals surface area contributed by atoms with Crippen molar-refractivity contribution in [2.45, 2.75) is 38.1 Å². The topological polar surface area (TPSA) is 88.4 Å². The first-order valence-corrected chi connectivity index (χ1v) is 11.4. The SMILES string of the molecule is CCC1(n2c(C(=O)N(C)C)cc3cnc(Nc4ccc(OCCN(C)C)cn4)nc32)CCC1. The molecule has 0 atom stereocenters. The number of aromatic nitrogens is 4. The van der Waals surface area contributed by atoms with Gasteiger partial charge in [0.2, 0.25) is 5.95 Å². The van der Waals surface area contributed by atoms with Gasteiger partial charge in [-0.05, 0) is 58.0 Å². The van der Waals surface area contributed by atoms with Crippen LogP contribution in [0.4, 0.5) is 11.8 Å². The van der Waals surface area contributed by atoms with Crippen LogP contribution in [0.1, 0.15) is 43.1 Å². The molecule has 176 valence electrons. The zero-order valence-corrected chi connectivity index (χ0v) is 20.1. The second-order valence-corrected chi connectivity index (χ2v) is 9.12. The van der Waals surface area contributed by atoms with Gasteiger partial charge in [-0.1, -0.05) is 6.92 Å². The van der Waals surface area contributed by atoms with Crippen molar-refractivity contribution in [3.8, 4) is 5.75 Å². The Morgan fingerprint density at radius 3 is 2.55 bits per heavy atom. The molecule has 1 aliphatic rings. The van der Waals surface area contributed by atoms with Gasteiger partial charge in [0.15, 0.2) is 0 Å². The van der Waals surface area contributed by atoms with E-state index in [1.54, 1.807) is 31.4 Å². The molecule has 0 spiro atoms. The van der Waals surface area contributed by atoms with Crippen molar-refractivity contribution in [2.75, 3.05) is 46.7 Å². The van der Waals surface area contributed by atoms with E-state index in [9.17, 15) is 4.79 Å². The predicted octanol–water partition coefficient (Wildman–Crippen LogP) is 3.50. The Morgan fingerprint density at radius 1 is 1.18 bits per heavy atom. The van der Waals surface area contributed by atoms with E-state index < -0.39 is 0 Å². The normalized spacial score (nSPS) is 14.8. The molecule has 9 nitrogen and oxygen atoms in total. The number of carbonyl (C=O) groups excluding carboxylic acids is 1. The summed E-state index contributed by atoms with van der Waals surface area (Å²) in [6, 6.07) is 5.63. The lowest BCUT2D eigenvalue weighted by Crippen LogP contribution is -2.42. The summed E-state index contributed by atoms with van der Waals surface area (Å²) in [4.78, 5) is 30.4. The van der Waals surface area contributed by atoms with Gasteiger partial charge in [-0.3, -0.25) is 4.79 Å². The number of amides is 1. The fraction of sp³-hybridized carbons (Fsp3) is 0.500. The average Bonchev–Trinajstić information content (AvgIpc) is 3.13. The molecule has 0 unspecified atom stereocenters. The first-order chi connectivity index (χ1) is 15.8.